The Labute approximate surface area is 175 Å². The molecule has 0 unspecified atom stereocenters. The first-order valence-electron chi connectivity index (χ1n) is 10.3. The van der Waals surface area contributed by atoms with Crippen LogP contribution in [-0.4, -0.2) is 52.8 Å². The predicted octanol–water partition coefficient (Wildman–Crippen LogP) is 3.18. The van der Waals surface area contributed by atoms with Gasteiger partial charge in [-0.1, -0.05) is 18.2 Å². The quantitative estimate of drug-likeness (QED) is 0.725. The summed E-state index contributed by atoms with van der Waals surface area (Å²) < 4.78 is 12.0. The van der Waals surface area contributed by atoms with E-state index in [1.54, 1.807) is 19.4 Å². The molecule has 0 atom stereocenters. The van der Waals surface area contributed by atoms with Crippen LogP contribution in [-0.2, 0) is 16.8 Å². The van der Waals surface area contributed by atoms with Crippen LogP contribution < -0.4 is 4.74 Å². The second kappa shape index (κ2) is 7.57. The maximum atomic E-state index is 13.1. The summed E-state index contributed by atoms with van der Waals surface area (Å²) in [5, 5.41) is 7.14. The Morgan fingerprint density at radius 3 is 2.80 bits per heavy atom. The highest BCUT2D eigenvalue weighted by Crippen LogP contribution is 2.45. The summed E-state index contributed by atoms with van der Waals surface area (Å²) >= 11 is 0. The topological polar surface area (TPSA) is 80.3 Å². The molecule has 0 aliphatic carbocycles. The van der Waals surface area contributed by atoms with Gasteiger partial charge in [0.15, 0.2) is 0 Å². The molecule has 1 aromatic carbocycles. The number of aromatic amines is 1. The molecule has 7 heteroatoms. The van der Waals surface area contributed by atoms with Crippen LogP contribution in [0.15, 0.2) is 48.7 Å². The van der Waals surface area contributed by atoms with Gasteiger partial charge in [0.1, 0.15) is 22.7 Å². The molecule has 0 bridgehead atoms. The van der Waals surface area contributed by atoms with Crippen molar-refractivity contribution in [3.05, 3.63) is 65.5 Å². The average Bonchev–Trinajstić information content (AvgIpc) is 3.30. The fourth-order valence-corrected chi connectivity index (χ4v) is 4.61. The molecule has 4 heterocycles. The number of nitrogens with zero attached hydrogens (tertiary/aromatic N) is 3. The van der Waals surface area contributed by atoms with Gasteiger partial charge < -0.3 is 14.4 Å². The number of rotatable bonds is 3. The second-order valence-corrected chi connectivity index (χ2v) is 7.76. The Morgan fingerprint density at radius 2 is 2.03 bits per heavy atom. The van der Waals surface area contributed by atoms with Crippen LogP contribution in [0.3, 0.4) is 0 Å². The van der Waals surface area contributed by atoms with Crippen molar-refractivity contribution in [1.82, 2.24) is 20.1 Å². The van der Waals surface area contributed by atoms with Crippen molar-refractivity contribution in [1.29, 1.82) is 0 Å². The maximum absolute atomic E-state index is 13.1. The number of fused-ring (bicyclic) bond motifs is 2. The van der Waals surface area contributed by atoms with Crippen LogP contribution in [0.1, 0.15) is 34.5 Å². The van der Waals surface area contributed by atoms with Crippen LogP contribution in [0.4, 0.5) is 0 Å². The fraction of sp³-hybridized carbons (Fsp3) is 0.348. The molecule has 1 spiro atoms. The fourth-order valence-electron chi connectivity index (χ4n) is 4.61. The van der Waals surface area contributed by atoms with E-state index in [1.165, 1.54) is 5.56 Å². The molecular formula is C23H24N4O3. The van der Waals surface area contributed by atoms with E-state index in [1.807, 2.05) is 35.2 Å². The van der Waals surface area contributed by atoms with Crippen LogP contribution in [0.5, 0.6) is 5.75 Å². The Hall–Kier alpha value is -3.19. The third kappa shape index (κ3) is 3.15. The Morgan fingerprint density at radius 1 is 1.17 bits per heavy atom. The minimum atomic E-state index is -0.385. The zero-order valence-corrected chi connectivity index (χ0v) is 16.9. The SMILES string of the molecule is COc1cccc2c1C1(CCN(C(=O)c3cc(-c4ccccn4)n[nH]3)CC1)OCC2. The number of benzene rings is 1. The number of hydrogen-bond donors (Lipinski definition) is 1. The molecule has 5 rings (SSSR count). The molecule has 0 saturated carbocycles. The second-order valence-electron chi connectivity index (χ2n) is 7.76. The number of carbonyl (C=O) groups excluding carboxylic acids is 1. The van der Waals surface area contributed by atoms with E-state index in [-0.39, 0.29) is 11.5 Å². The molecule has 2 aliphatic rings. The van der Waals surface area contributed by atoms with E-state index in [0.29, 0.717) is 31.1 Å². The Kier molecular flexibility index (Phi) is 4.75. The molecule has 0 radical (unpaired) electrons. The van der Waals surface area contributed by atoms with Crippen molar-refractivity contribution in [3.63, 3.8) is 0 Å². The van der Waals surface area contributed by atoms with Gasteiger partial charge in [-0.05, 0) is 49.1 Å². The van der Waals surface area contributed by atoms with Crippen LogP contribution in [0.25, 0.3) is 11.4 Å². The maximum Gasteiger partial charge on any atom is 0.271 e. The minimum absolute atomic E-state index is 0.0457. The first-order chi connectivity index (χ1) is 14.7. The van der Waals surface area contributed by atoms with Gasteiger partial charge in [-0.2, -0.15) is 5.10 Å². The average molecular weight is 404 g/mol. The van der Waals surface area contributed by atoms with E-state index in [0.717, 1.165) is 36.3 Å². The first-order valence-corrected chi connectivity index (χ1v) is 10.3. The normalized spacial score (nSPS) is 17.6. The zero-order valence-electron chi connectivity index (χ0n) is 16.9. The first kappa shape index (κ1) is 18.8. The summed E-state index contributed by atoms with van der Waals surface area (Å²) in [4.78, 5) is 19.2. The summed E-state index contributed by atoms with van der Waals surface area (Å²) in [6.45, 7) is 1.94. The lowest BCUT2D eigenvalue weighted by molar-refractivity contribution is -0.0947. The summed E-state index contributed by atoms with van der Waals surface area (Å²) in [5.41, 5.74) is 3.95. The van der Waals surface area contributed by atoms with Crippen molar-refractivity contribution < 1.29 is 14.3 Å². The molecule has 1 amide bonds. The van der Waals surface area contributed by atoms with Gasteiger partial charge in [0.2, 0.25) is 0 Å². The van der Waals surface area contributed by atoms with E-state index in [4.69, 9.17) is 9.47 Å². The number of carbonyl (C=O) groups is 1. The summed E-state index contributed by atoms with van der Waals surface area (Å²) in [5.74, 6) is 0.830. The highest BCUT2D eigenvalue weighted by Gasteiger charge is 2.43. The highest BCUT2D eigenvalue weighted by molar-refractivity contribution is 5.93. The van der Waals surface area contributed by atoms with Crippen LogP contribution >= 0.6 is 0 Å². The number of nitrogens with one attached hydrogen (secondary N) is 1. The number of ether oxygens (including phenoxy) is 2. The molecule has 154 valence electrons. The zero-order chi connectivity index (χ0) is 20.6. The standard InChI is InChI=1S/C23H24N4O3/c1-29-20-7-4-5-16-8-14-30-23(21(16)20)9-12-27(13-10-23)22(28)19-15-18(25-26-19)17-6-2-3-11-24-17/h2-7,11,15H,8-10,12-14H2,1H3,(H,25,26). The largest absolute Gasteiger partial charge is 0.496 e. The number of amides is 1. The Balaban J connectivity index is 1.34. The lowest BCUT2D eigenvalue weighted by atomic mass is 9.78. The van der Waals surface area contributed by atoms with Crippen molar-refractivity contribution in [3.8, 4) is 17.1 Å². The molecule has 2 aliphatic heterocycles. The molecule has 7 nitrogen and oxygen atoms in total. The van der Waals surface area contributed by atoms with Gasteiger partial charge in [0, 0.05) is 24.8 Å². The van der Waals surface area contributed by atoms with Gasteiger partial charge in [0.05, 0.1) is 19.4 Å². The number of hydrogen-bond acceptors (Lipinski definition) is 5. The number of pyridine rings is 1. The summed E-state index contributed by atoms with van der Waals surface area (Å²) in [7, 11) is 1.70. The number of piperidine rings is 1. The molecule has 2 aromatic heterocycles. The van der Waals surface area contributed by atoms with Gasteiger partial charge >= 0.3 is 0 Å². The van der Waals surface area contributed by atoms with Crippen molar-refractivity contribution in [2.75, 3.05) is 26.8 Å². The van der Waals surface area contributed by atoms with Gasteiger partial charge in [-0.15, -0.1) is 0 Å². The van der Waals surface area contributed by atoms with Crippen LogP contribution in [0, 0.1) is 0 Å². The van der Waals surface area contributed by atoms with Crippen molar-refractivity contribution in [2.45, 2.75) is 24.9 Å². The number of H-pyrrole nitrogens is 1. The number of methoxy groups -OCH3 is 1. The summed E-state index contributed by atoms with van der Waals surface area (Å²) in [6.07, 6.45) is 4.09. The number of likely N-dealkylation sites (tertiary alicyclic amines) is 1. The van der Waals surface area contributed by atoms with E-state index < -0.39 is 0 Å². The molecule has 1 N–H and O–H groups in total. The van der Waals surface area contributed by atoms with Crippen molar-refractivity contribution >= 4 is 5.91 Å². The van der Waals surface area contributed by atoms with E-state index in [9.17, 15) is 4.79 Å². The van der Waals surface area contributed by atoms with Gasteiger partial charge in [0.25, 0.3) is 5.91 Å². The molecular weight excluding hydrogens is 380 g/mol. The lowest BCUT2D eigenvalue weighted by Crippen LogP contribution is -2.48. The predicted molar refractivity (Wildman–Crippen MR) is 111 cm³/mol. The molecule has 30 heavy (non-hydrogen) atoms. The Bertz CT molecular complexity index is 1040. The van der Waals surface area contributed by atoms with E-state index >= 15 is 0 Å². The minimum Gasteiger partial charge on any atom is -0.496 e. The third-order valence-electron chi connectivity index (χ3n) is 6.13. The smallest absolute Gasteiger partial charge is 0.271 e. The molecule has 1 saturated heterocycles. The molecule has 1 fully saturated rings. The monoisotopic (exact) mass is 404 g/mol. The van der Waals surface area contributed by atoms with Crippen LogP contribution in [0.2, 0.25) is 0 Å². The van der Waals surface area contributed by atoms with Crippen molar-refractivity contribution in [2.24, 2.45) is 0 Å². The number of aromatic nitrogens is 3. The third-order valence-corrected chi connectivity index (χ3v) is 6.13. The van der Waals surface area contributed by atoms with Gasteiger partial charge in [-0.3, -0.25) is 14.9 Å². The molecule has 3 aromatic rings. The van der Waals surface area contributed by atoms with E-state index in [2.05, 4.69) is 21.2 Å². The lowest BCUT2D eigenvalue weighted by Gasteiger charge is -2.45. The van der Waals surface area contributed by atoms with Gasteiger partial charge in [-0.25, -0.2) is 0 Å². The summed E-state index contributed by atoms with van der Waals surface area (Å²) in [6, 6.07) is 13.6. The highest BCUT2D eigenvalue weighted by atomic mass is 16.5.